The predicted molar refractivity (Wildman–Crippen MR) is 92.4 cm³/mol. The first-order chi connectivity index (χ1) is 11.1. The van der Waals surface area contributed by atoms with Gasteiger partial charge in [0.2, 0.25) is 0 Å². The summed E-state index contributed by atoms with van der Waals surface area (Å²) in [6.07, 6.45) is 2.96. The van der Waals surface area contributed by atoms with E-state index in [-0.39, 0.29) is 25.7 Å². The Morgan fingerprint density at radius 1 is 1.25 bits per heavy atom. The smallest absolute Gasteiger partial charge is 0.333 e. The van der Waals surface area contributed by atoms with Crippen molar-refractivity contribution in [2.45, 2.75) is 52.6 Å². The Labute approximate surface area is 145 Å². The maximum Gasteiger partial charge on any atom is 0.333 e. The van der Waals surface area contributed by atoms with E-state index < -0.39 is 17.5 Å². The molecule has 0 radical (unpaired) electrons. The van der Waals surface area contributed by atoms with Crippen molar-refractivity contribution in [3.8, 4) is 0 Å². The summed E-state index contributed by atoms with van der Waals surface area (Å²) >= 11 is 0. The topological polar surface area (TPSA) is 61.8 Å². The quantitative estimate of drug-likeness (QED) is 0.294. The maximum atomic E-state index is 12.0. The summed E-state index contributed by atoms with van der Waals surface area (Å²) in [7, 11) is 0. The van der Waals surface area contributed by atoms with E-state index >= 15 is 0 Å². The van der Waals surface area contributed by atoms with Crippen LogP contribution < -0.4 is 0 Å². The zero-order valence-corrected chi connectivity index (χ0v) is 15.4. The zero-order chi connectivity index (χ0) is 18.3. The fourth-order valence-corrected chi connectivity index (χ4v) is 2.98. The van der Waals surface area contributed by atoms with Gasteiger partial charge in [0.1, 0.15) is 18.8 Å². The normalized spacial score (nSPS) is 21.2. The van der Waals surface area contributed by atoms with Crippen molar-refractivity contribution in [3.05, 3.63) is 24.3 Å². The van der Waals surface area contributed by atoms with E-state index in [4.69, 9.17) is 14.2 Å². The first kappa shape index (κ1) is 20.4. The molecule has 5 heteroatoms. The molecule has 0 heterocycles. The highest BCUT2D eigenvalue weighted by molar-refractivity contribution is 5.86. The molecule has 1 rings (SSSR count). The van der Waals surface area contributed by atoms with Crippen LogP contribution in [0.25, 0.3) is 0 Å². The lowest BCUT2D eigenvalue weighted by Gasteiger charge is -2.39. The highest BCUT2D eigenvalue weighted by Crippen LogP contribution is 2.39. The van der Waals surface area contributed by atoms with Crippen molar-refractivity contribution in [2.24, 2.45) is 11.8 Å². The largest absolute Gasteiger partial charge is 0.460 e. The van der Waals surface area contributed by atoms with Crippen molar-refractivity contribution in [2.75, 3.05) is 19.8 Å². The van der Waals surface area contributed by atoms with E-state index in [1.54, 1.807) is 6.92 Å². The highest BCUT2D eigenvalue weighted by atomic mass is 16.6. The lowest BCUT2D eigenvalue weighted by atomic mass is 9.73. The van der Waals surface area contributed by atoms with Crippen LogP contribution in [0.15, 0.2) is 24.3 Å². The Morgan fingerprint density at radius 2 is 1.92 bits per heavy atom. The predicted octanol–water partition coefficient (Wildman–Crippen LogP) is 3.44. The number of carbonyl (C=O) groups is 2. The summed E-state index contributed by atoms with van der Waals surface area (Å²) < 4.78 is 15.7. The van der Waals surface area contributed by atoms with Gasteiger partial charge in [0.15, 0.2) is 0 Å². The van der Waals surface area contributed by atoms with Crippen LogP contribution in [0.1, 0.15) is 47.0 Å². The SMILES string of the molecule is C=C1CC(C)CC(C(C)(C)OC(=O)COCCOC(=O)C(=C)C)C1. The van der Waals surface area contributed by atoms with E-state index in [1.807, 2.05) is 13.8 Å². The van der Waals surface area contributed by atoms with Gasteiger partial charge in [-0.3, -0.25) is 0 Å². The molecule has 0 saturated heterocycles. The Kier molecular flexibility index (Phi) is 7.67. The van der Waals surface area contributed by atoms with Crippen LogP contribution in [0, 0.1) is 11.8 Å². The molecule has 0 spiro atoms. The third-order valence-corrected chi connectivity index (χ3v) is 4.25. The molecule has 0 N–H and O–H groups in total. The molecule has 1 fully saturated rings. The lowest BCUT2D eigenvalue weighted by molar-refractivity contribution is -0.168. The molecular formula is C19H30O5. The van der Waals surface area contributed by atoms with Crippen molar-refractivity contribution < 1.29 is 23.8 Å². The minimum absolute atomic E-state index is 0.0856. The van der Waals surface area contributed by atoms with E-state index in [0.717, 1.165) is 19.3 Å². The average molecular weight is 338 g/mol. The van der Waals surface area contributed by atoms with Gasteiger partial charge in [0.25, 0.3) is 0 Å². The van der Waals surface area contributed by atoms with Crippen molar-refractivity contribution in [1.82, 2.24) is 0 Å². The number of rotatable bonds is 8. The van der Waals surface area contributed by atoms with Crippen LogP contribution in [0.5, 0.6) is 0 Å². The van der Waals surface area contributed by atoms with E-state index in [2.05, 4.69) is 20.1 Å². The van der Waals surface area contributed by atoms with Crippen molar-refractivity contribution in [3.63, 3.8) is 0 Å². The molecule has 0 aliphatic heterocycles. The number of carbonyl (C=O) groups excluding carboxylic acids is 2. The second-order valence-electron chi connectivity index (χ2n) is 7.24. The Morgan fingerprint density at radius 3 is 2.50 bits per heavy atom. The molecule has 2 atom stereocenters. The highest BCUT2D eigenvalue weighted by Gasteiger charge is 2.36. The van der Waals surface area contributed by atoms with Crippen LogP contribution in [0.3, 0.4) is 0 Å². The summed E-state index contributed by atoms with van der Waals surface area (Å²) in [6, 6.07) is 0. The molecule has 0 amide bonds. The van der Waals surface area contributed by atoms with Crippen LogP contribution in [-0.2, 0) is 23.8 Å². The summed E-state index contributed by atoms with van der Waals surface area (Å²) in [5.74, 6) is -0.0354. The number of allylic oxidation sites excluding steroid dienone is 1. The van der Waals surface area contributed by atoms with Gasteiger partial charge in [-0.05, 0) is 46.0 Å². The average Bonchev–Trinajstić information content (AvgIpc) is 2.44. The Balaban J connectivity index is 2.31. The maximum absolute atomic E-state index is 12.0. The van der Waals surface area contributed by atoms with Crippen molar-refractivity contribution >= 4 is 11.9 Å². The molecule has 2 unspecified atom stereocenters. The molecule has 1 aliphatic rings. The van der Waals surface area contributed by atoms with Crippen LogP contribution in [0.4, 0.5) is 0 Å². The van der Waals surface area contributed by atoms with Crippen LogP contribution in [-0.4, -0.2) is 37.4 Å². The van der Waals surface area contributed by atoms with Gasteiger partial charge in [-0.1, -0.05) is 25.7 Å². The third-order valence-electron chi connectivity index (χ3n) is 4.25. The molecule has 1 aliphatic carbocycles. The Hall–Kier alpha value is -1.62. The van der Waals surface area contributed by atoms with Crippen LogP contribution in [0.2, 0.25) is 0 Å². The molecule has 0 aromatic carbocycles. The first-order valence-corrected chi connectivity index (χ1v) is 8.40. The van der Waals surface area contributed by atoms with Gasteiger partial charge in [-0.2, -0.15) is 0 Å². The summed E-state index contributed by atoms with van der Waals surface area (Å²) in [5, 5.41) is 0. The standard InChI is InChI=1S/C19H30O5/c1-13(2)18(21)23-8-7-22-12-17(20)24-19(5,6)16-10-14(3)9-15(4)11-16/h15-16H,1,3,7-12H2,2,4-6H3. The molecule has 24 heavy (non-hydrogen) atoms. The van der Waals surface area contributed by atoms with Gasteiger partial charge >= 0.3 is 11.9 Å². The molecular weight excluding hydrogens is 308 g/mol. The molecule has 0 aromatic rings. The summed E-state index contributed by atoms with van der Waals surface area (Å²) in [5.41, 5.74) is 1.00. The monoisotopic (exact) mass is 338 g/mol. The number of hydrogen-bond donors (Lipinski definition) is 0. The van der Waals surface area contributed by atoms with E-state index in [9.17, 15) is 9.59 Å². The van der Waals surface area contributed by atoms with Gasteiger partial charge in [-0.15, -0.1) is 0 Å². The second-order valence-corrected chi connectivity index (χ2v) is 7.24. The van der Waals surface area contributed by atoms with Crippen molar-refractivity contribution in [1.29, 1.82) is 0 Å². The number of esters is 2. The molecule has 1 saturated carbocycles. The van der Waals surface area contributed by atoms with Gasteiger partial charge in [0.05, 0.1) is 6.61 Å². The molecule has 136 valence electrons. The van der Waals surface area contributed by atoms with Gasteiger partial charge < -0.3 is 14.2 Å². The fraction of sp³-hybridized carbons (Fsp3) is 0.684. The number of ether oxygens (including phenoxy) is 3. The van der Waals surface area contributed by atoms with Gasteiger partial charge in [-0.25, -0.2) is 9.59 Å². The summed E-state index contributed by atoms with van der Waals surface area (Å²) in [4.78, 5) is 23.2. The Bertz CT molecular complexity index is 492. The minimum Gasteiger partial charge on any atom is -0.460 e. The number of hydrogen-bond acceptors (Lipinski definition) is 5. The minimum atomic E-state index is -0.551. The molecule has 0 aromatic heterocycles. The summed E-state index contributed by atoms with van der Waals surface area (Å²) in [6.45, 7) is 15.3. The van der Waals surface area contributed by atoms with E-state index in [0.29, 0.717) is 11.5 Å². The molecule has 5 nitrogen and oxygen atoms in total. The van der Waals surface area contributed by atoms with E-state index in [1.165, 1.54) is 5.57 Å². The fourth-order valence-electron chi connectivity index (χ4n) is 2.98. The third kappa shape index (κ3) is 6.87. The second kappa shape index (κ2) is 9.02. The zero-order valence-electron chi connectivity index (χ0n) is 15.4. The molecule has 0 bridgehead atoms. The lowest BCUT2D eigenvalue weighted by Crippen LogP contribution is -2.40. The van der Waals surface area contributed by atoms with Gasteiger partial charge in [0, 0.05) is 11.5 Å². The van der Waals surface area contributed by atoms with Crippen LogP contribution >= 0.6 is 0 Å². The first-order valence-electron chi connectivity index (χ1n) is 8.40.